The average Bonchev–Trinajstić information content (AvgIpc) is 2.67. The van der Waals surface area contributed by atoms with Crippen molar-refractivity contribution < 1.29 is 19.5 Å². The number of hydrogen-bond donors (Lipinski definition) is 1. The van der Waals surface area contributed by atoms with E-state index in [1.54, 1.807) is 24.3 Å². The van der Waals surface area contributed by atoms with Crippen LogP contribution in [-0.4, -0.2) is 22.9 Å². The van der Waals surface area contributed by atoms with E-state index in [4.69, 9.17) is 5.11 Å². The van der Waals surface area contributed by atoms with E-state index in [1.165, 1.54) is 6.08 Å². The topological polar surface area (TPSA) is 74.7 Å². The SMILES string of the molecule is O=C(O)/C=C/c1cccc(N2C(=O)CCC2=O)c1. The molecule has 0 bridgehead atoms. The van der Waals surface area contributed by atoms with Gasteiger partial charge >= 0.3 is 5.97 Å². The van der Waals surface area contributed by atoms with Crippen molar-refractivity contribution in [3.8, 4) is 0 Å². The van der Waals surface area contributed by atoms with Crippen LogP contribution in [0, 0.1) is 0 Å². The molecule has 1 aromatic carbocycles. The zero-order valence-electron chi connectivity index (χ0n) is 9.50. The summed E-state index contributed by atoms with van der Waals surface area (Å²) < 4.78 is 0. The van der Waals surface area contributed by atoms with Gasteiger partial charge in [-0.25, -0.2) is 4.79 Å². The van der Waals surface area contributed by atoms with Gasteiger partial charge in [0.15, 0.2) is 0 Å². The lowest BCUT2D eigenvalue weighted by molar-refractivity contribution is -0.131. The van der Waals surface area contributed by atoms with Crippen molar-refractivity contribution in [2.75, 3.05) is 4.90 Å². The van der Waals surface area contributed by atoms with Crippen molar-refractivity contribution in [2.24, 2.45) is 0 Å². The van der Waals surface area contributed by atoms with Crippen LogP contribution in [0.3, 0.4) is 0 Å². The second-order valence-corrected chi connectivity index (χ2v) is 3.89. The monoisotopic (exact) mass is 245 g/mol. The number of nitrogens with zero attached hydrogens (tertiary/aromatic N) is 1. The number of carboxylic acid groups (broad SMARTS) is 1. The summed E-state index contributed by atoms with van der Waals surface area (Å²) in [6, 6.07) is 6.64. The third kappa shape index (κ3) is 2.45. The number of carboxylic acids is 1. The quantitative estimate of drug-likeness (QED) is 0.645. The molecule has 5 nitrogen and oxygen atoms in total. The van der Waals surface area contributed by atoms with Crippen molar-refractivity contribution in [1.29, 1.82) is 0 Å². The molecule has 1 fully saturated rings. The minimum absolute atomic E-state index is 0.223. The zero-order chi connectivity index (χ0) is 13.1. The number of carbonyl (C=O) groups excluding carboxylic acids is 2. The summed E-state index contributed by atoms with van der Waals surface area (Å²) in [5.74, 6) is -1.49. The number of benzene rings is 1. The summed E-state index contributed by atoms with van der Waals surface area (Å²) in [5.41, 5.74) is 1.11. The van der Waals surface area contributed by atoms with E-state index < -0.39 is 5.97 Å². The molecule has 1 aromatic rings. The van der Waals surface area contributed by atoms with Gasteiger partial charge in [-0.3, -0.25) is 14.5 Å². The van der Waals surface area contributed by atoms with Crippen LogP contribution in [0.5, 0.6) is 0 Å². The molecule has 0 unspecified atom stereocenters. The molecule has 0 radical (unpaired) electrons. The Morgan fingerprint density at radius 1 is 1.22 bits per heavy atom. The smallest absolute Gasteiger partial charge is 0.328 e. The number of carbonyl (C=O) groups is 3. The summed E-state index contributed by atoms with van der Waals surface area (Å²) in [6.07, 6.45) is 2.88. The second kappa shape index (κ2) is 4.83. The molecule has 92 valence electrons. The fourth-order valence-electron chi connectivity index (χ4n) is 1.80. The third-order valence-corrected chi connectivity index (χ3v) is 2.60. The average molecular weight is 245 g/mol. The Balaban J connectivity index is 2.29. The molecule has 1 saturated heterocycles. The van der Waals surface area contributed by atoms with Gasteiger partial charge in [-0.15, -0.1) is 0 Å². The lowest BCUT2D eigenvalue weighted by Gasteiger charge is -2.13. The van der Waals surface area contributed by atoms with E-state index in [2.05, 4.69) is 0 Å². The predicted molar refractivity (Wildman–Crippen MR) is 64.8 cm³/mol. The Hall–Kier alpha value is -2.43. The lowest BCUT2D eigenvalue weighted by Crippen LogP contribution is -2.28. The van der Waals surface area contributed by atoms with Gasteiger partial charge < -0.3 is 5.11 Å². The van der Waals surface area contributed by atoms with Gasteiger partial charge in [0.25, 0.3) is 0 Å². The molecule has 0 saturated carbocycles. The summed E-state index contributed by atoms with van der Waals surface area (Å²) >= 11 is 0. The van der Waals surface area contributed by atoms with Gasteiger partial charge in [0.1, 0.15) is 0 Å². The zero-order valence-corrected chi connectivity index (χ0v) is 9.50. The fraction of sp³-hybridized carbons (Fsp3) is 0.154. The Kier molecular flexibility index (Phi) is 3.23. The van der Waals surface area contributed by atoms with Crippen molar-refractivity contribution in [1.82, 2.24) is 0 Å². The van der Waals surface area contributed by atoms with E-state index in [0.29, 0.717) is 11.3 Å². The number of hydrogen-bond acceptors (Lipinski definition) is 3. The number of aliphatic carboxylic acids is 1. The Morgan fingerprint density at radius 3 is 2.50 bits per heavy atom. The van der Waals surface area contributed by atoms with Crippen LogP contribution in [0.25, 0.3) is 6.08 Å². The highest BCUT2D eigenvalue weighted by Gasteiger charge is 2.30. The summed E-state index contributed by atoms with van der Waals surface area (Å²) in [5, 5.41) is 8.53. The van der Waals surface area contributed by atoms with Crippen LogP contribution in [-0.2, 0) is 14.4 Å². The molecule has 2 rings (SSSR count). The Bertz CT molecular complexity index is 532. The first-order valence-corrected chi connectivity index (χ1v) is 5.45. The molecule has 1 aliphatic rings. The van der Waals surface area contributed by atoms with E-state index in [0.717, 1.165) is 11.0 Å². The Morgan fingerprint density at radius 2 is 1.89 bits per heavy atom. The second-order valence-electron chi connectivity index (χ2n) is 3.89. The number of rotatable bonds is 3. The third-order valence-electron chi connectivity index (χ3n) is 2.60. The highest BCUT2D eigenvalue weighted by atomic mass is 16.4. The van der Waals surface area contributed by atoms with Crippen LogP contribution >= 0.6 is 0 Å². The van der Waals surface area contributed by atoms with Crippen molar-refractivity contribution in [2.45, 2.75) is 12.8 Å². The first-order chi connectivity index (χ1) is 8.58. The normalized spacial score (nSPS) is 15.7. The molecule has 0 atom stereocenters. The molecule has 1 aliphatic heterocycles. The molecule has 0 aromatic heterocycles. The van der Waals surface area contributed by atoms with E-state index in [1.807, 2.05) is 0 Å². The molecule has 1 N–H and O–H groups in total. The first-order valence-electron chi connectivity index (χ1n) is 5.45. The summed E-state index contributed by atoms with van der Waals surface area (Å²) in [6.45, 7) is 0. The van der Waals surface area contributed by atoms with Gasteiger partial charge in [0, 0.05) is 18.9 Å². The highest BCUT2D eigenvalue weighted by molar-refractivity contribution is 6.19. The van der Waals surface area contributed by atoms with Gasteiger partial charge in [-0.2, -0.15) is 0 Å². The van der Waals surface area contributed by atoms with E-state index in [-0.39, 0.29) is 24.7 Å². The molecule has 5 heteroatoms. The number of anilines is 1. The standard InChI is InChI=1S/C13H11NO4/c15-11-5-6-12(16)14(11)10-3-1-2-9(8-10)4-7-13(17)18/h1-4,7-8H,5-6H2,(H,17,18)/b7-4+. The summed E-state index contributed by atoms with van der Waals surface area (Å²) in [4.78, 5) is 34.7. The van der Waals surface area contributed by atoms with Gasteiger partial charge in [-0.1, -0.05) is 12.1 Å². The van der Waals surface area contributed by atoms with Gasteiger partial charge in [0.2, 0.25) is 11.8 Å². The van der Waals surface area contributed by atoms with Gasteiger partial charge in [-0.05, 0) is 23.8 Å². The van der Waals surface area contributed by atoms with Crippen molar-refractivity contribution in [3.63, 3.8) is 0 Å². The Labute approximate surface area is 103 Å². The molecule has 1 heterocycles. The predicted octanol–water partition coefficient (Wildman–Crippen LogP) is 1.44. The number of imide groups is 1. The maximum absolute atomic E-state index is 11.6. The molecule has 18 heavy (non-hydrogen) atoms. The number of amides is 2. The van der Waals surface area contributed by atoms with E-state index in [9.17, 15) is 14.4 Å². The molecular formula is C13H11NO4. The molecule has 0 spiro atoms. The van der Waals surface area contributed by atoms with Crippen molar-refractivity contribution >= 4 is 29.5 Å². The molecule has 0 aliphatic carbocycles. The van der Waals surface area contributed by atoms with Crippen LogP contribution in [0.4, 0.5) is 5.69 Å². The van der Waals surface area contributed by atoms with Crippen LogP contribution < -0.4 is 4.90 Å². The minimum atomic E-state index is -1.05. The molecule has 2 amide bonds. The lowest BCUT2D eigenvalue weighted by atomic mass is 10.1. The van der Waals surface area contributed by atoms with Gasteiger partial charge in [0.05, 0.1) is 5.69 Å². The van der Waals surface area contributed by atoms with Crippen LogP contribution in [0.2, 0.25) is 0 Å². The van der Waals surface area contributed by atoms with Crippen LogP contribution in [0.15, 0.2) is 30.3 Å². The fourth-order valence-corrected chi connectivity index (χ4v) is 1.80. The minimum Gasteiger partial charge on any atom is -0.478 e. The maximum Gasteiger partial charge on any atom is 0.328 e. The molecular weight excluding hydrogens is 234 g/mol. The first kappa shape index (κ1) is 12.0. The highest BCUT2D eigenvalue weighted by Crippen LogP contribution is 2.23. The largest absolute Gasteiger partial charge is 0.478 e. The van der Waals surface area contributed by atoms with E-state index >= 15 is 0 Å². The maximum atomic E-state index is 11.6. The van der Waals surface area contributed by atoms with Crippen LogP contribution in [0.1, 0.15) is 18.4 Å². The summed E-state index contributed by atoms with van der Waals surface area (Å²) in [7, 11) is 0. The van der Waals surface area contributed by atoms with Crippen molar-refractivity contribution in [3.05, 3.63) is 35.9 Å².